The second-order valence-corrected chi connectivity index (χ2v) is 4.90. The standard InChI is InChI=1S/C15H21NO/c1-13(17)10-15-8-5-9-16(12-15)11-14-6-3-2-4-7-14/h2-4,6-8,13,17H,5,9-12H2,1H3. The van der Waals surface area contributed by atoms with Crippen molar-refractivity contribution in [2.24, 2.45) is 0 Å². The van der Waals surface area contributed by atoms with Gasteiger partial charge in [0.1, 0.15) is 0 Å². The summed E-state index contributed by atoms with van der Waals surface area (Å²) in [6, 6.07) is 10.6. The number of nitrogens with zero attached hydrogens (tertiary/aromatic N) is 1. The molecule has 1 aliphatic heterocycles. The van der Waals surface area contributed by atoms with Gasteiger partial charge in [0.25, 0.3) is 0 Å². The maximum Gasteiger partial charge on any atom is 0.0549 e. The van der Waals surface area contributed by atoms with Gasteiger partial charge in [0, 0.05) is 19.6 Å². The van der Waals surface area contributed by atoms with Gasteiger partial charge in [-0.05, 0) is 25.3 Å². The Morgan fingerprint density at radius 2 is 2.06 bits per heavy atom. The highest BCUT2D eigenvalue weighted by molar-refractivity contribution is 5.16. The Hall–Kier alpha value is -1.12. The Morgan fingerprint density at radius 1 is 1.29 bits per heavy atom. The van der Waals surface area contributed by atoms with Crippen molar-refractivity contribution in [3.05, 3.63) is 47.5 Å². The Kier molecular flexibility index (Phi) is 4.35. The third-order valence-corrected chi connectivity index (χ3v) is 3.11. The molecule has 17 heavy (non-hydrogen) atoms. The molecule has 0 spiro atoms. The second-order valence-electron chi connectivity index (χ2n) is 4.90. The highest BCUT2D eigenvalue weighted by Gasteiger charge is 2.13. The van der Waals surface area contributed by atoms with Gasteiger partial charge in [0.15, 0.2) is 0 Å². The molecule has 0 aromatic heterocycles. The molecule has 2 nitrogen and oxygen atoms in total. The average molecular weight is 231 g/mol. The van der Waals surface area contributed by atoms with Gasteiger partial charge in [-0.3, -0.25) is 4.90 Å². The molecule has 0 radical (unpaired) electrons. The van der Waals surface area contributed by atoms with E-state index in [0.717, 1.165) is 32.5 Å². The largest absolute Gasteiger partial charge is 0.393 e. The molecule has 0 saturated carbocycles. The third kappa shape index (κ3) is 3.99. The minimum atomic E-state index is -0.224. The fraction of sp³-hybridized carbons (Fsp3) is 0.467. The first-order valence-corrected chi connectivity index (χ1v) is 6.36. The van der Waals surface area contributed by atoms with E-state index < -0.39 is 0 Å². The van der Waals surface area contributed by atoms with Crippen molar-refractivity contribution >= 4 is 0 Å². The Labute approximate surface area is 104 Å². The fourth-order valence-corrected chi connectivity index (χ4v) is 2.39. The highest BCUT2D eigenvalue weighted by Crippen LogP contribution is 2.16. The molecule has 1 unspecified atom stereocenters. The fourth-order valence-electron chi connectivity index (χ4n) is 2.39. The average Bonchev–Trinajstić information content (AvgIpc) is 2.30. The zero-order valence-electron chi connectivity index (χ0n) is 10.5. The van der Waals surface area contributed by atoms with E-state index in [2.05, 4.69) is 41.3 Å². The summed E-state index contributed by atoms with van der Waals surface area (Å²) in [6.07, 6.45) is 3.98. The molecule has 0 fully saturated rings. The zero-order valence-corrected chi connectivity index (χ0v) is 10.5. The number of benzene rings is 1. The van der Waals surface area contributed by atoms with E-state index in [-0.39, 0.29) is 6.10 Å². The molecule has 1 aromatic rings. The summed E-state index contributed by atoms with van der Waals surface area (Å²) in [7, 11) is 0. The molecule has 92 valence electrons. The minimum absolute atomic E-state index is 0.224. The first-order chi connectivity index (χ1) is 8.24. The summed E-state index contributed by atoms with van der Waals surface area (Å²) in [5, 5.41) is 9.42. The van der Waals surface area contributed by atoms with E-state index in [9.17, 15) is 5.11 Å². The predicted octanol–water partition coefficient (Wildman–Crippen LogP) is 2.59. The lowest BCUT2D eigenvalue weighted by Gasteiger charge is -2.27. The molecule has 1 aliphatic rings. The number of aliphatic hydroxyl groups excluding tert-OH is 1. The molecule has 0 saturated heterocycles. The minimum Gasteiger partial charge on any atom is -0.393 e. The molecule has 1 heterocycles. The van der Waals surface area contributed by atoms with Crippen LogP contribution in [0.2, 0.25) is 0 Å². The van der Waals surface area contributed by atoms with Crippen LogP contribution in [-0.4, -0.2) is 29.2 Å². The first kappa shape index (κ1) is 12.3. The van der Waals surface area contributed by atoms with Crippen LogP contribution in [0.5, 0.6) is 0 Å². The summed E-state index contributed by atoms with van der Waals surface area (Å²) in [5.41, 5.74) is 2.74. The van der Waals surface area contributed by atoms with Crippen LogP contribution in [0.15, 0.2) is 42.0 Å². The lowest BCUT2D eigenvalue weighted by molar-refractivity contribution is 0.186. The van der Waals surface area contributed by atoms with E-state index in [1.807, 2.05) is 6.92 Å². The summed E-state index contributed by atoms with van der Waals surface area (Å²) >= 11 is 0. The molecular formula is C15H21NO. The normalized spacial score (nSPS) is 18.8. The molecule has 0 aliphatic carbocycles. The van der Waals surface area contributed by atoms with Gasteiger partial charge in [0.2, 0.25) is 0 Å². The quantitative estimate of drug-likeness (QED) is 0.805. The molecule has 2 heteroatoms. The topological polar surface area (TPSA) is 23.5 Å². The maximum atomic E-state index is 9.42. The van der Waals surface area contributed by atoms with E-state index in [1.54, 1.807) is 0 Å². The van der Waals surface area contributed by atoms with Gasteiger partial charge in [-0.25, -0.2) is 0 Å². The highest BCUT2D eigenvalue weighted by atomic mass is 16.3. The molecule has 1 N–H and O–H groups in total. The van der Waals surface area contributed by atoms with Crippen molar-refractivity contribution in [2.75, 3.05) is 13.1 Å². The maximum absolute atomic E-state index is 9.42. The van der Waals surface area contributed by atoms with E-state index >= 15 is 0 Å². The van der Waals surface area contributed by atoms with Crippen molar-refractivity contribution in [3.63, 3.8) is 0 Å². The van der Waals surface area contributed by atoms with E-state index in [0.29, 0.717) is 0 Å². The van der Waals surface area contributed by atoms with Crippen molar-refractivity contribution in [1.82, 2.24) is 4.90 Å². The third-order valence-electron chi connectivity index (χ3n) is 3.11. The lowest BCUT2D eigenvalue weighted by Crippen LogP contribution is -2.30. The number of aliphatic hydroxyl groups is 1. The molecule has 2 rings (SSSR count). The van der Waals surface area contributed by atoms with Crippen LogP contribution in [-0.2, 0) is 6.54 Å². The smallest absolute Gasteiger partial charge is 0.0549 e. The van der Waals surface area contributed by atoms with Crippen LogP contribution < -0.4 is 0 Å². The number of hydrogen-bond donors (Lipinski definition) is 1. The number of hydrogen-bond acceptors (Lipinski definition) is 2. The Morgan fingerprint density at radius 3 is 2.76 bits per heavy atom. The second kappa shape index (κ2) is 5.99. The van der Waals surface area contributed by atoms with Gasteiger partial charge >= 0.3 is 0 Å². The van der Waals surface area contributed by atoms with Crippen LogP contribution in [0.4, 0.5) is 0 Å². The SMILES string of the molecule is CC(O)CC1=CCCN(Cc2ccccc2)C1. The molecule has 1 atom stereocenters. The van der Waals surface area contributed by atoms with Crippen molar-refractivity contribution in [3.8, 4) is 0 Å². The predicted molar refractivity (Wildman–Crippen MR) is 70.7 cm³/mol. The van der Waals surface area contributed by atoms with Gasteiger partial charge < -0.3 is 5.11 Å². The first-order valence-electron chi connectivity index (χ1n) is 6.36. The molecular weight excluding hydrogens is 210 g/mol. The van der Waals surface area contributed by atoms with E-state index in [4.69, 9.17) is 0 Å². The Bertz CT molecular complexity index is 370. The summed E-state index contributed by atoms with van der Waals surface area (Å²) in [4.78, 5) is 2.45. The molecule has 1 aromatic carbocycles. The van der Waals surface area contributed by atoms with Gasteiger partial charge in [-0.1, -0.05) is 42.0 Å². The van der Waals surface area contributed by atoms with Gasteiger partial charge in [-0.15, -0.1) is 0 Å². The van der Waals surface area contributed by atoms with Crippen LogP contribution in [0.25, 0.3) is 0 Å². The van der Waals surface area contributed by atoms with Crippen LogP contribution in [0.1, 0.15) is 25.3 Å². The summed E-state index contributed by atoms with van der Waals surface area (Å²) in [6.45, 7) is 4.99. The summed E-state index contributed by atoms with van der Waals surface area (Å²) < 4.78 is 0. The van der Waals surface area contributed by atoms with E-state index in [1.165, 1.54) is 11.1 Å². The summed E-state index contributed by atoms with van der Waals surface area (Å²) in [5.74, 6) is 0. The van der Waals surface area contributed by atoms with Gasteiger partial charge in [-0.2, -0.15) is 0 Å². The van der Waals surface area contributed by atoms with Crippen LogP contribution in [0.3, 0.4) is 0 Å². The molecule has 0 bridgehead atoms. The lowest BCUT2D eigenvalue weighted by atomic mass is 10.0. The van der Waals surface area contributed by atoms with Crippen molar-refractivity contribution in [2.45, 2.75) is 32.4 Å². The van der Waals surface area contributed by atoms with Crippen molar-refractivity contribution in [1.29, 1.82) is 0 Å². The zero-order chi connectivity index (χ0) is 12.1. The van der Waals surface area contributed by atoms with Gasteiger partial charge in [0.05, 0.1) is 6.10 Å². The Balaban J connectivity index is 1.90. The van der Waals surface area contributed by atoms with Crippen LogP contribution >= 0.6 is 0 Å². The number of rotatable bonds is 4. The monoisotopic (exact) mass is 231 g/mol. The van der Waals surface area contributed by atoms with Crippen molar-refractivity contribution < 1.29 is 5.11 Å². The van der Waals surface area contributed by atoms with Crippen LogP contribution in [0, 0.1) is 0 Å². The molecule has 0 amide bonds.